The van der Waals surface area contributed by atoms with Gasteiger partial charge in [0.05, 0.1) is 29.6 Å². The first kappa shape index (κ1) is 38.6. The van der Waals surface area contributed by atoms with Gasteiger partial charge >= 0.3 is 18.1 Å². The number of hydrogen-bond acceptors (Lipinski definition) is 12. The molecule has 2 aromatic rings. The molecule has 2 bridgehead atoms. The van der Waals surface area contributed by atoms with E-state index in [0.29, 0.717) is 11.1 Å². The zero-order valence-electron chi connectivity index (χ0n) is 31.2. The summed E-state index contributed by atoms with van der Waals surface area (Å²) < 4.78 is 29.5. The van der Waals surface area contributed by atoms with Gasteiger partial charge in [-0.3, -0.25) is 9.59 Å². The van der Waals surface area contributed by atoms with Gasteiger partial charge in [0.1, 0.15) is 42.2 Å². The molecule has 1 aliphatic heterocycles. The van der Waals surface area contributed by atoms with Crippen LogP contribution in [0.2, 0.25) is 0 Å². The molecule has 12 nitrogen and oxygen atoms in total. The fourth-order valence-corrected chi connectivity index (χ4v) is 8.91. The van der Waals surface area contributed by atoms with E-state index in [-0.39, 0.29) is 43.1 Å². The minimum absolute atomic E-state index is 0.0696. The summed E-state index contributed by atoms with van der Waals surface area (Å²) in [6.45, 7) is 11.4. The summed E-state index contributed by atoms with van der Waals surface area (Å²) >= 11 is 0. The van der Waals surface area contributed by atoms with E-state index < -0.39 is 88.3 Å². The van der Waals surface area contributed by atoms with Gasteiger partial charge in [0.25, 0.3) is 0 Å². The Morgan fingerprint density at radius 1 is 0.925 bits per heavy atom. The van der Waals surface area contributed by atoms with Crippen molar-refractivity contribution in [1.82, 2.24) is 0 Å². The van der Waals surface area contributed by atoms with Crippen molar-refractivity contribution in [2.75, 3.05) is 6.61 Å². The second kappa shape index (κ2) is 14.0. The predicted octanol–water partition coefficient (Wildman–Crippen LogP) is 4.72. The summed E-state index contributed by atoms with van der Waals surface area (Å²) in [5, 5.41) is 38.0. The van der Waals surface area contributed by atoms with Crippen molar-refractivity contribution >= 4 is 23.9 Å². The van der Waals surface area contributed by atoms with Crippen LogP contribution in [-0.2, 0) is 39.9 Å². The summed E-state index contributed by atoms with van der Waals surface area (Å²) in [5.74, 6) is -4.32. The largest absolute Gasteiger partial charge is 0.508 e. The summed E-state index contributed by atoms with van der Waals surface area (Å²) in [6, 6.07) is 17.0. The number of aliphatic hydroxyl groups is 3. The minimum Gasteiger partial charge on any atom is -0.458 e. The Hall–Kier alpha value is -4.10. The predicted molar refractivity (Wildman–Crippen MR) is 189 cm³/mol. The van der Waals surface area contributed by atoms with Gasteiger partial charge in [-0.25, -0.2) is 9.59 Å². The number of esters is 2. The molecule has 0 aromatic heterocycles. The lowest BCUT2D eigenvalue weighted by atomic mass is 9.44. The molecule has 3 aliphatic carbocycles. The van der Waals surface area contributed by atoms with E-state index in [1.165, 1.54) is 19.1 Å². The highest BCUT2D eigenvalue weighted by atomic mass is 16.7. The maximum Gasteiger partial charge on any atom is 0.508 e. The number of benzene rings is 2. The van der Waals surface area contributed by atoms with E-state index in [1.807, 2.05) is 19.9 Å². The highest BCUT2D eigenvalue weighted by Gasteiger charge is 2.77. The first-order chi connectivity index (χ1) is 24.9. The quantitative estimate of drug-likeness (QED) is 0.194. The Balaban J connectivity index is 1.51. The fourth-order valence-electron chi connectivity index (χ4n) is 8.91. The van der Waals surface area contributed by atoms with Gasteiger partial charge in [-0.1, -0.05) is 83.1 Å². The van der Waals surface area contributed by atoms with Gasteiger partial charge in [0, 0.05) is 24.2 Å². The second-order valence-corrected chi connectivity index (χ2v) is 16.2. The molecule has 0 radical (unpaired) electrons. The molecule has 0 amide bonds. The lowest BCUT2D eigenvalue weighted by molar-refractivity contribution is -0.344. The third-order valence-corrected chi connectivity index (χ3v) is 12.7. The highest BCUT2D eigenvalue weighted by molar-refractivity contribution is 5.94. The summed E-state index contributed by atoms with van der Waals surface area (Å²) in [5.41, 5.74) is -6.28. The van der Waals surface area contributed by atoms with Crippen molar-refractivity contribution in [2.24, 2.45) is 28.6 Å². The van der Waals surface area contributed by atoms with Crippen LogP contribution in [0.3, 0.4) is 0 Å². The zero-order valence-corrected chi connectivity index (χ0v) is 31.2. The van der Waals surface area contributed by atoms with E-state index in [0.717, 1.165) is 0 Å². The maximum atomic E-state index is 15.1. The average molecular weight is 735 g/mol. The van der Waals surface area contributed by atoms with Crippen molar-refractivity contribution in [3.63, 3.8) is 0 Å². The fraction of sp³-hybridized carbons (Fsp3) is 0.561. The van der Waals surface area contributed by atoms with Crippen LogP contribution in [0.4, 0.5) is 4.79 Å². The molecule has 1 heterocycles. The molecule has 3 fully saturated rings. The molecule has 3 N–H and O–H groups in total. The number of fused-ring (bicyclic) bond motifs is 5. The minimum atomic E-state index is -2.18. The molecule has 2 saturated carbocycles. The number of Topliss-reactive ketones (excluding diaryl/α,β-unsaturated/α-hetero) is 1. The molecule has 2 aromatic carbocycles. The second-order valence-electron chi connectivity index (χ2n) is 16.2. The molecule has 53 heavy (non-hydrogen) atoms. The Labute approximate surface area is 309 Å². The third kappa shape index (κ3) is 6.27. The normalized spacial score (nSPS) is 35.0. The van der Waals surface area contributed by atoms with Crippen molar-refractivity contribution in [3.05, 3.63) is 82.9 Å². The van der Waals surface area contributed by atoms with Gasteiger partial charge in [-0.2, -0.15) is 0 Å². The van der Waals surface area contributed by atoms with Crippen LogP contribution in [-0.4, -0.2) is 87.5 Å². The summed E-state index contributed by atoms with van der Waals surface area (Å²) in [7, 11) is 0. The zero-order chi connectivity index (χ0) is 38.7. The first-order valence-electron chi connectivity index (χ1n) is 18.2. The molecule has 4 aliphatic rings. The number of carbonyl (C=O) groups excluding carboxylic acids is 4. The molecular formula is C41H50O12. The van der Waals surface area contributed by atoms with Gasteiger partial charge in [0.2, 0.25) is 0 Å². The van der Waals surface area contributed by atoms with Crippen LogP contribution in [0.25, 0.3) is 0 Å². The molecule has 6 rings (SSSR count). The molecule has 1 saturated heterocycles. The van der Waals surface area contributed by atoms with Crippen LogP contribution in [0.15, 0.2) is 71.8 Å². The van der Waals surface area contributed by atoms with E-state index in [4.69, 9.17) is 23.7 Å². The lowest BCUT2D eigenvalue weighted by Gasteiger charge is -2.67. The average Bonchev–Trinajstić information content (AvgIpc) is 3.12. The van der Waals surface area contributed by atoms with Crippen LogP contribution in [0.5, 0.6) is 0 Å². The van der Waals surface area contributed by atoms with Crippen molar-refractivity contribution in [1.29, 1.82) is 0 Å². The van der Waals surface area contributed by atoms with Gasteiger partial charge in [-0.05, 0) is 48.6 Å². The molecule has 286 valence electrons. The van der Waals surface area contributed by atoms with Crippen molar-refractivity contribution in [2.45, 2.75) is 110 Å². The number of hydrogen-bond donors (Lipinski definition) is 3. The Morgan fingerprint density at radius 3 is 2.13 bits per heavy atom. The first-order valence-corrected chi connectivity index (χ1v) is 18.2. The lowest BCUT2D eigenvalue weighted by Crippen LogP contribution is -2.81. The number of carbonyl (C=O) groups is 4. The van der Waals surface area contributed by atoms with Gasteiger partial charge < -0.3 is 39.0 Å². The highest BCUT2D eigenvalue weighted by Crippen LogP contribution is 2.63. The van der Waals surface area contributed by atoms with E-state index in [1.54, 1.807) is 70.2 Å². The number of aliphatic hydroxyl groups excluding tert-OH is 1. The standard InChI is InChI=1S/C41H50O12/c1-22(2)23(3)35(44)51-27-19-41(48)34(53-36(45)26-16-12-9-13-17-26)32-39(7,33(43)31(42)30(24(27)4)38(41,5)6)28(18-29-40(32,47)21-50-29)52-37(46)49-20-25-14-10-8-11-15-25/h8-17,22-23,27-29,31-32,34,42,47-48H,18-21H2,1-7H3/t23-,27?,28?,29?,31?,32?,34?,39-,40?,41?/m1/s1. The topological polar surface area (TPSA) is 175 Å². The molecule has 12 heteroatoms. The maximum absolute atomic E-state index is 15.1. The van der Waals surface area contributed by atoms with Crippen LogP contribution < -0.4 is 0 Å². The van der Waals surface area contributed by atoms with Gasteiger partial charge in [-0.15, -0.1) is 0 Å². The number of rotatable bonds is 8. The summed E-state index contributed by atoms with van der Waals surface area (Å²) in [6.07, 6.45) is -8.68. The molecule has 8 unspecified atom stereocenters. The molecular weight excluding hydrogens is 684 g/mol. The summed E-state index contributed by atoms with van der Waals surface area (Å²) in [4.78, 5) is 55.9. The van der Waals surface area contributed by atoms with Crippen molar-refractivity contribution < 1.29 is 58.2 Å². The number of ketones is 1. The van der Waals surface area contributed by atoms with Gasteiger partial charge in [0.15, 0.2) is 5.78 Å². The Bertz CT molecular complexity index is 1770. The van der Waals surface area contributed by atoms with Crippen LogP contribution in [0.1, 0.15) is 77.2 Å². The molecule has 0 spiro atoms. The Morgan fingerprint density at radius 2 is 1.55 bits per heavy atom. The Kier molecular flexibility index (Phi) is 10.2. The van der Waals surface area contributed by atoms with Crippen LogP contribution in [0, 0.1) is 28.6 Å². The van der Waals surface area contributed by atoms with E-state index >= 15 is 4.79 Å². The molecule has 10 atom stereocenters. The van der Waals surface area contributed by atoms with Crippen molar-refractivity contribution in [3.8, 4) is 0 Å². The van der Waals surface area contributed by atoms with E-state index in [9.17, 15) is 29.7 Å². The SMILES string of the molecule is CC1=C2C(O)C(=O)[C@]3(C)C(OC(=O)OCc4ccccc4)CC4OCC4(O)C3C(OC(=O)c3ccccc3)C(O)(CC1OC(=O)[C@H](C)C(C)C)C2(C)C. The van der Waals surface area contributed by atoms with Crippen LogP contribution >= 0.6 is 0 Å². The number of ether oxygens (including phenoxy) is 5. The third-order valence-electron chi connectivity index (χ3n) is 12.7. The smallest absolute Gasteiger partial charge is 0.458 e. The van der Waals surface area contributed by atoms with E-state index in [2.05, 4.69) is 0 Å². The monoisotopic (exact) mass is 734 g/mol.